The molecule has 0 saturated carbocycles. The van der Waals surface area contributed by atoms with Gasteiger partial charge in [-0.1, -0.05) is 12.1 Å². The van der Waals surface area contributed by atoms with E-state index in [4.69, 9.17) is 9.47 Å². The highest BCUT2D eigenvalue weighted by Gasteiger charge is 2.35. The number of amides is 2. The summed E-state index contributed by atoms with van der Waals surface area (Å²) in [6, 6.07) is 11.8. The second-order valence-electron chi connectivity index (χ2n) is 7.62. The van der Waals surface area contributed by atoms with E-state index >= 15 is 0 Å². The SMILES string of the molecule is COc1ccc(CNC(=O)[C@H]2CC(=O)N(c3ccc4c(c3)CCC4)C2)cc1OC. The van der Waals surface area contributed by atoms with Gasteiger partial charge in [0, 0.05) is 25.2 Å². The number of hydrogen-bond acceptors (Lipinski definition) is 4. The minimum Gasteiger partial charge on any atom is -0.493 e. The fraction of sp³-hybridized carbons (Fsp3) is 0.391. The van der Waals surface area contributed by atoms with Crippen LogP contribution >= 0.6 is 0 Å². The van der Waals surface area contributed by atoms with Crippen LogP contribution in [0.15, 0.2) is 36.4 Å². The van der Waals surface area contributed by atoms with Crippen molar-refractivity contribution in [1.29, 1.82) is 0 Å². The number of hydrogen-bond donors (Lipinski definition) is 1. The third kappa shape index (κ3) is 3.92. The Morgan fingerprint density at radius 3 is 2.66 bits per heavy atom. The number of fused-ring (bicyclic) bond motifs is 1. The summed E-state index contributed by atoms with van der Waals surface area (Å²) in [5.41, 5.74) is 4.53. The van der Waals surface area contributed by atoms with Crippen molar-refractivity contribution in [3.05, 3.63) is 53.1 Å². The molecule has 2 aromatic carbocycles. The number of ether oxygens (including phenoxy) is 2. The third-order valence-corrected chi connectivity index (χ3v) is 5.80. The van der Waals surface area contributed by atoms with Gasteiger partial charge in [0.1, 0.15) is 0 Å². The summed E-state index contributed by atoms with van der Waals surface area (Å²) in [6.07, 6.45) is 3.61. The minimum atomic E-state index is -0.337. The van der Waals surface area contributed by atoms with Crippen molar-refractivity contribution >= 4 is 17.5 Å². The van der Waals surface area contributed by atoms with E-state index in [1.54, 1.807) is 19.1 Å². The smallest absolute Gasteiger partial charge is 0.227 e. The molecule has 152 valence electrons. The first kappa shape index (κ1) is 19.3. The maximum Gasteiger partial charge on any atom is 0.227 e. The van der Waals surface area contributed by atoms with Crippen LogP contribution in [0.3, 0.4) is 0 Å². The largest absolute Gasteiger partial charge is 0.493 e. The van der Waals surface area contributed by atoms with Gasteiger partial charge in [0.25, 0.3) is 0 Å². The quantitative estimate of drug-likeness (QED) is 0.818. The number of methoxy groups -OCH3 is 2. The van der Waals surface area contributed by atoms with Gasteiger partial charge in [0.05, 0.1) is 20.1 Å². The van der Waals surface area contributed by atoms with E-state index in [1.807, 2.05) is 24.3 Å². The zero-order valence-corrected chi connectivity index (χ0v) is 16.9. The van der Waals surface area contributed by atoms with Crippen molar-refractivity contribution < 1.29 is 19.1 Å². The van der Waals surface area contributed by atoms with Crippen LogP contribution in [0.1, 0.15) is 29.5 Å². The lowest BCUT2D eigenvalue weighted by Gasteiger charge is -2.18. The highest BCUT2D eigenvalue weighted by atomic mass is 16.5. The Bertz CT molecular complexity index is 940. The van der Waals surface area contributed by atoms with Gasteiger partial charge in [-0.3, -0.25) is 9.59 Å². The molecule has 0 bridgehead atoms. The first-order valence-corrected chi connectivity index (χ1v) is 10.00. The zero-order chi connectivity index (χ0) is 20.4. The number of aryl methyl sites for hydroxylation is 2. The molecule has 2 aliphatic rings. The summed E-state index contributed by atoms with van der Waals surface area (Å²) in [7, 11) is 3.17. The fourth-order valence-corrected chi connectivity index (χ4v) is 4.18. The van der Waals surface area contributed by atoms with E-state index in [0.717, 1.165) is 24.1 Å². The third-order valence-electron chi connectivity index (χ3n) is 5.80. The number of carbonyl (C=O) groups excluding carboxylic acids is 2. The topological polar surface area (TPSA) is 67.9 Å². The summed E-state index contributed by atoms with van der Waals surface area (Å²) >= 11 is 0. The van der Waals surface area contributed by atoms with Crippen LogP contribution in [0.5, 0.6) is 11.5 Å². The Balaban J connectivity index is 1.38. The van der Waals surface area contributed by atoms with Crippen molar-refractivity contribution in [2.24, 2.45) is 5.92 Å². The normalized spacial score (nSPS) is 17.9. The molecule has 4 rings (SSSR count). The molecule has 0 spiro atoms. The number of benzene rings is 2. The van der Waals surface area contributed by atoms with Crippen LogP contribution < -0.4 is 19.7 Å². The molecule has 1 aliphatic carbocycles. The first-order valence-electron chi connectivity index (χ1n) is 10.00. The van der Waals surface area contributed by atoms with Crippen molar-refractivity contribution in [3.8, 4) is 11.5 Å². The van der Waals surface area contributed by atoms with Gasteiger partial charge < -0.3 is 19.7 Å². The average molecular weight is 394 g/mol. The van der Waals surface area contributed by atoms with Crippen molar-refractivity contribution in [2.75, 3.05) is 25.7 Å². The number of rotatable bonds is 6. The first-order chi connectivity index (χ1) is 14.1. The number of carbonyl (C=O) groups is 2. The second kappa shape index (κ2) is 8.15. The lowest BCUT2D eigenvalue weighted by atomic mass is 10.1. The molecule has 6 heteroatoms. The number of nitrogens with one attached hydrogen (secondary N) is 1. The van der Waals surface area contributed by atoms with Crippen LogP contribution in [0.2, 0.25) is 0 Å². The summed E-state index contributed by atoms with van der Waals surface area (Å²) in [5, 5.41) is 2.95. The Labute approximate surface area is 170 Å². The molecule has 6 nitrogen and oxygen atoms in total. The second-order valence-corrected chi connectivity index (χ2v) is 7.62. The van der Waals surface area contributed by atoms with E-state index in [0.29, 0.717) is 24.6 Å². The van der Waals surface area contributed by atoms with Gasteiger partial charge in [-0.15, -0.1) is 0 Å². The molecule has 1 atom stereocenters. The molecule has 1 heterocycles. The molecule has 0 radical (unpaired) electrons. The highest BCUT2D eigenvalue weighted by Crippen LogP contribution is 2.31. The van der Waals surface area contributed by atoms with Gasteiger partial charge in [0.2, 0.25) is 11.8 Å². The van der Waals surface area contributed by atoms with Crippen LogP contribution in [0.4, 0.5) is 5.69 Å². The van der Waals surface area contributed by atoms with Gasteiger partial charge in [-0.25, -0.2) is 0 Å². The Hall–Kier alpha value is -3.02. The molecule has 1 fully saturated rings. The highest BCUT2D eigenvalue weighted by molar-refractivity contribution is 6.00. The molecule has 1 aliphatic heterocycles. The summed E-state index contributed by atoms with van der Waals surface area (Å²) < 4.78 is 10.5. The standard InChI is InChI=1S/C23H26N2O4/c1-28-20-9-6-15(10-21(20)29-2)13-24-23(27)18-12-22(26)25(14-18)19-8-7-16-4-3-5-17(16)11-19/h6-11,18H,3-5,12-14H2,1-2H3,(H,24,27)/t18-/m0/s1. The summed E-state index contributed by atoms with van der Waals surface area (Å²) in [5.74, 6) is 0.842. The van der Waals surface area contributed by atoms with Gasteiger partial charge in [0.15, 0.2) is 11.5 Å². The van der Waals surface area contributed by atoms with Crippen LogP contribution in [0.25, 0.3) is 0 Å². The molecule has 1 N–H and O–H groups in total. The molecular formula is C23H26N2O4. The Morgan fingerprint density at radius 2 is 1.86 bits per heavy atom. The van der Waals surface area contributed by atoms with Gasteiger partial charge in [-0.05, 0) is 60.2 Å². The van der Waals surface area contributed by atoms with E-state index in [9.17, 15) is 9.59 Å². The molecule has 2 aromatic rings. The summed E-state index contributed by atoms with van der Waals surface area (Å²) in [6.45, 7) is 0.804. The zero-order valence-electron chi connectivity index (χ0n) is 16.9. The maximum absolute atomic E-state index is 12.7. The number of nitrogens with zero attached hydrogens (tertiary/aromatic N) is 1. The average Bonchev–Trinajstić information content (AvgIpc) is 3.37. The van der Waals surface area contributed by atoms with E-state index in [1.165, 1.54) is 17.5 Å². The van der Waals surface area contributed by atoms with Gasteiger partial charge in [-0.2, -0.15) is 0 Å². The molecule has 2 amide bonds. The minimum absolute atomic E-state index is 0.00853. The van der Waals surface area contributed by atoms with Crippen molar-refractivity contribution in [2.45, 2.75) is 32.2 Å². The van der Waals surface area contributed by atoms with Crippen LogP contribution in [-0.2, 0) is 29.0 Å². The number of anilines is 1. The predicted octanol–water partition coefficient (Wildman–Crippen LogP) is 2.86. The molecule has 1 saturated heterocycles. The van der Waals surface area contributed by atoms with Crippen molar-refractivity contribution in [1.82, 2.24) is 5.32 Å². The van der Waals surface area contributed by atoms with E-state index in [2.05, 4.69) is 17.4 Å². The van der Waals surface area contributed by atoms with Crippen LogP contribution in [0, 0.1) is 5.92 Å². The predicted molar refractivity (Wildman–Crippen MR) is 110 cm³/mol. The Kier molecular flexibility index (Phi) is 5.43. The maximum atomic E-state index is 12.7. The lowest BCUT2D eigenvalue weighted by Crippen LogP contribution is -2.32. The summed E-state index contributed by atoms with van der Waals surface area (Å²) in [4.78, 5) is 26.9. The fourth-order valence-electron chi connectivity index (χ4n) is 4.18. The van der Waals surface area contributed by atoms with Crippen LogP contribution in [-0.4, -0.2) is 32.6 Å². The molecular weight excluding hydrogens is 368 g/mol. The molecule has 0 unspecified atom stereocenters. The van der Waals surface area contributed by atoms with Gasteiger partial charge >= 0.3 is 0 Å². The Morgan fingerprint density at radius 1 is 1.07 bits per heavy atom. The monoisotopic (exact) mass is 394 g/mol. The van der Waals surface area contributed by atoms with E-state index in [-0.39, 0.29) is 24.2 Å². The van der Waals surface area contributed by atoms with Crippen molar-refractivity contribution in [3.63, 3.8) is 0 Å². The molecule has 0 aromatic heterocycles. The molecule has 29 heavy (non-hydrogen) atoms. The lowest BCUT2D eigenvalue weighted by molar-refractivity contribution is -0.126. The van der Waals surface area contributed by atoms with E-state index < -0.39 is 0 Å².